The molecule has 1 saturated heterocycles. The van der Waals surface area contributed by atoms with E-state index >= 15 is 0 Å². The van der Waals surface area contributed by atoms with Gasteiger partial charge in [0.05, 0.1) is 25.2 Å². The summed E-state index contributed by atoms with van der Waals surface area (Å²) in [6.07, 6.45) is 0. The fourth-order valence-corrected chi connectivity index (χ4v) is 5.41. The van der Waals surface area contributed by atoms with Crippen molar-refractivity contribution < 1.29 is 22.6 Å². The lowest BCUT2D eigenvalue weighted by Crippen LogP contribution is -2.42. The summed E-state index contributed by atoms with van der Waals surface area (Å²) in [6, 6.07) is 24.0. The standard InChI is InChI=1S/C27H32N2O5S/c1-32-26-13-12-24(20-27(26)34-22-23-8-4-2-5-9-23)21-29(15-14-28-16-18-33-19-17-28)35(30,31)25-10-6-3-7-11-25/h2-13,20H,14-19,21-22H2,1H3. The molecule has 0 saturated carbocycles. The first kappa shape index (κ1) is 25.2. The summed E-state index contributed by atoms with van der Waals surface area (Å²) in [6.45, 7) is 4.60. The van der Waals surface area contributed by atoms with Gasteiger partial charge in [0.15, 0.2) is 11.5 Å². The number of hydrogen-bond acceptors (Lipinski definition) is 6. The monoisotopic (exact) mass is 496 g/mol. The van der Waals surface area contributed by atoms with Gasteiger partial charge in [-0.15, -0.1) is 0 Å². The van der Waals surface area contributed by atoms with Crippen LogP contribution < -0.4 is 9.47 Å². The molecule has 1 aliphatic rings. The Morgan fingerprint density at radius 1 is 0.886 bits per heavy atom. The molecular formula is C27H32N2O5S. The average molecular weight is 497 g/mol. The van der Waals surface area contributed by atoms with Gasteiger partial charge >= 0.3 is 0 Å². The third-order valence-electron chi connectivity index (χ3n) is 5.97. The Labute approximate surface area is 207 Å². The van der Waals surface area contributed by atoms with E-state index in [0.717, 1.165) is 24.2 Å². The molecule has 1 aliphatic heterocycles. The topological polar surface area (TPSA) is 68.3 Å². The maximum absolute atomic E-state index is 13.6. The van der Waals surface area contributed by atoms with Crippen LogP contribution in [0.2, 0.25) is 0 Å². The van der Waals surface area contributed by atoms with Crippen molar-refractivity contribution in [1.29, 1.82) is 0 Å². The van der Waals surface area contributed by atoms with Crippen molar-refractivity contribution in [1.82, 2.24) is 9.21 Å². The number of morpholine rings is 1. The minimum atomic E-state index is -3.68. The SMILES string of the molecule is COc1ccc(CN(CCN2CCOCC2)S(=O)(=O)c2ccccc2)cc1OCc1ccccc1. The number of hydrogen-bond donors (Lipinski definition) is 0. The quantitative estimate of drug-likeness (QED) is 0.402. The van der Waals surface area contributed by atoms with Crippen molar-refractivity contribution in [3.05, 3.63) is 90.0 Å². The van der Waals surface area contributed by atoms with Crippen molar-refractivity contribution in [2.45, 2.75) is 18.0 Å². The van der Waals surface area contributed by atoms with Gasteiger partial charge in [0, 0.05) is 32.7 Å². The highest BCUT2D eigenvalue weighted by Crippen LogP contribution is 2.30. The highest BCUT2D eigenvalue weighted by Gasteiger charge is 2.26. The van der Waals surface area contributed by atoms with Gasteiger partial charge in [-0.25, -0.2) is 8.42 Å². The van der Waals surface area contributed by atoms with E-state index in [0.29, 0.717) is 44.4 Å². The van der Waals surface area contributed by atoms with E-state index in [2.05, 4.69) is 4.90 Å². The summed E-state index contributed by atoms with van der Waals surface area (Å²) in [5.41, 5.74) is 1.87. The van der Waals surface area contributed by atoms with Crippen LogP contribution in [0.4, 0.5) is 0 Å². The molecule has 0 aromatic heterocycles. The molecule has 4 rings (SSSR count). The second-order valence-electron chi connectivity index (χ2n) is 8.37. The lowest BCUT2D eigenvalue weighted by atomic mass is 10.2. The number of sulfonamides is 1. The normalized spacial score (nSPS) is 14.7. The minimum absolute atomic E-state index is 0.229. The average Bonchev–Trinajstić information content (AvgIpc) is 2.91. The lowest BCUT2D eigenvalue weighted by Gasteiger charge is -2.30. The summed E-state index contributed by atoms with van der Waals surface area (Å²) < 4.78 is 45.6. The molecule has 0 radical (unpaired) electrons. The van der Waals surface area contributed by atoms with Crippen LogP contribution in [0.25, 0.3) is 0 Å². The number of benzene rings is 3. The Morgan fingerprint density at radius 3 is 2.26 bits per heavy atom. The van der Waals surface area contributed by atoms with Crippen LogP contribution in [0.5, 0.6) is 11.5 Å². The minimum Gasteiger partial charge on any atom is -0.493 e. The molecule has 0 spiro atoms. The predicted octanol–water partition coefficient (Wildman–Crippen LogP) is 3.80. The van der Waals surface area contributed by atoms with Crippen molar-refractivity contribution in [3.63, 3.8) is 0 Å². The van der Waals surface area contributed by atoms with Gasteiger partial charge in [-0.1, -0.05) is 54.6 Å². The highest BCUT2D eigenvalue weighted by molar-refractivity contribution is 7.89. The van der Waals surface area contributed by atoms with Gasteiger partial charge in [0.1, 0.15) is 6.61 Å². The van der Waals surface area contributed by atoms with E-state index < -0.39 is 10.0 Å². The van der Waals surface area contributed by atoms with Crippen LogP contribution in [0.3, 0.4) is 0 Å². The summed E-state index contributed by atoms with van der Waals surface area (Å²) in [5, 5.41) is 0. The van der Waals surface area contributed by atoms with E-state index in [1.807, 2.05) is 54.6 Å². The number of ether oxygens (including phenoxy) is 3. The van der Waals surface area contributed by atoms with Gasteiger partial charge in [0.25, 0.3) is 0 Å². The van der Waals surface area contributed by atoms with Crippen molar-refractivity contribution >= 4 is 10.0 Å². The van der Waals surface area contributed by atoms with Crippen LogP contribution in [-0.2, 0) is 27.9 Å². The number of nitrogens with zero attached hydrogens (tertiary/aromatic N) is 2. The Morgan fingerprint density at radius 2 is 1.57 bits per heavy atom. The van der Waals surface area contributed by atoms with Crippen LogP contribution >= 0.6 is 0 Å². The Balaban J connectivity index is 1.55. The first-order valence-corrected chi connectivity index (χ1v) is 13.2. The zero-order valence-corrected chi connectivity index (χ0v) is 20.8. The van der Waals surface area contributed by atoms with E-state index in [1.54, 1.807) is 35.7 Å². The summed E-state index contributed by atoms with van der Waals surface area (Å²) in [7, 11) is -2.08. The van der Waals surface area contributed by atoms with E-state index in [1.165, 1.54) is 0 Å². The molecular weight excluding hydrogens is 464 g/mol. The summed E-state index contributed by atoms with van der Waals surface area (Å²) in [4.78, 5) is 2.52. The van der Waals surface area contributed by atoms with Crippen LogP contribution in [-0.4, -0.2) is 64.1 Å². The molecule has 3 aromatic carbocycles. The summed E-state index contributed by atoms with van der Waals surface area (Å²) in [5.74, 6) is 1.19. The maximum atomic E-state index is 13.6. The van der Waals surface area contributed by atoms with Gasteiger partial charge in [-0.2, -0.15) is 4.31 Å². The molecule has 0 bridgehead atoms. The van der Waals surface area contributed by atoms with Crippen molar-refractivity contribution in [2.24, 2.45) is 0 Å². The third-order valence-corrected chi connectivity index (χ3v) is 7.83. The first-order valence-electron chi connectivity index (χ1n) is 11.8. The third kappa shape index (κ3) is 6.82. The number of rotatable bonds is 11. The molecule has 35 heavy (non-hydrogen) atoms. The second kappa shape index (κ2) is 12.2. The summed E-state index contributed by atoms with van der Waals surface area (Å²) >= 11 is 0. The molecule has 0 N–H and O–H groups in total. The van der Waals surface area contributed by atoms with Gasteiger partial charge < -0.3 is 14.2 Å². The molecule has 1 fully saturated rings. The van der Waals surface area contributed by atoms with Crippen LogP contribution in [0, 0.1) is 0 Å². The molecule has 1 heterocycles. The van der Waals surface area contributed by atoms with Crippen LogP contribution in [0.1, 0.15) is 11.1 Å². The molecule has 7 nitrogen and oxygen atoms in total. The molecule has 3 aromatic rings. The van der Waals surface area contributed by atoms with E-state index in [4.69, 9.17) is 14.2 Å². The van der Waals surface area contributed by atoms with Gasteiger partial charge in [-0.05, 0) is 35.4 Å². The van der Waals surface area contributed by atoms with Gasteiger partial charge in [-0.3, -0.25) is 4.90 Å². The fraction of sp³-hybridized carbons (Fsp3) is 0.333. The molecule has 186 valence electrons. The largest absolute Gasteiger partial charge is 0.493 e. The Hall–Kier alpha value is -2.91. The van der Waals surface area contributed by atoms with E-state index in [-0.39, 0.29) is 11.4 Å². The maximum Gasteiger partial charge on any atom is 0.243 e. The Bertz CT molecular complexity index is 1170. The highest BCUT2D eigenvalue weighted by atomic mass is 32.2. The second-order valence-corrected chi connectivity index (χ2v) is 10.3. The molecule has 0 unspecified atom stereocenters. The smallest absolute Gasteiger partial charge is 0.243 e. The molecule has 0 amide bonds. The molecule has 8 heteroatoms. The number of methoxy groups -OCH3 is 1. The zero-order chi connectivity index (χ0) is 24.5. The first-order chi connectivity index (χ1) is 17.1. The van der Waals surface area contributed by atoms with Crippen LogP contribution in [0.15, 0.2) is 83.8 Å². The van der Waals surface area contributed by atoms with Gasteiger partial charge in [0.2, 0.25) is 10.0 Å². The van der Waals surface area contributed by atoms with E-state index in [9.17, 15) is 8.42 Å². The fourth-order valence-electron chi connectivity index (χ4n) is 3.97. The molecule has 0 aliphatic carbocycles. The van der Waals surface area contributed by atoms with Crippen molar-refractivity contribution in [3.8, 4) is 11.5 Å². The molecule has 0 atom stereocenters. The van der Waals surface area contributed by atoms with Crippen molar-refractivity contribution in [2.75, 3.05) is 46.5 Å². The predicted molar refractivity (Wildman–Crippen MR) is 135 cm³/mol. The lowest BCUT2D eigenvalue weighted by molar-refractivity contribution is 0.0361. The zero-order valence-electron chi connectivity index (χ0n) is 20.0. The Kier molecular flexibility index (Phi) is 8.76.